The second kappa shape index (κ2) is 3.27. The van der Waals surface area contributed by atoms with E-state index in [4.69, 9.17) is 4.74 Å². The Hall–Kier alpha value is -0.830. The molecule has 1 heterocycles. The quantitative estimate of drug-likeness (QED) is 0.612. The van der Waals surface area contributed by atoms with Crippen molar-refractivity contribution in [3.63, 3.8) is 0 Å². The van der Waals surface area contributed by atoms with Crippen LogP contribution in [-0.4, -0.2) is 37.4 Å². The van der Waals surface area contributed by atoms with Crippen LogP contribution in [0.4, 0.5) is 0 Å². The van der Waals surface area contributed by atoms with E-state index in [0.717, 1.165) is 11.3 Å². The van der Waals surface area contributed by atoms with Gasteiger partial charge in [0.2, 0.25) is 5.78 Å². The molecule has 0 saturated carbocycles. The highest BCUT2D eigenvalue weighted by Gasteiger charge is 2.28. The molecule has 0 aliphatic carbocycles. The summed E-state index contributed by atoms with van der Waals surface area (Å²) in [4.78, 5) is 13.3. The molecule has 1 unspecified atom stereocenters. The number of Topliss-reactive ketones (excluding diaryl/α,β-unsaturated/α-hetero) is 1. The molecule has 3 heteroatoms. The average molecular weight is 169 g/mol. The molecule has 3 nitrogen and oxygen atoms in total. The summed E-state index contributed by atoms with van der Waals surface area (Å²) in [7, 11) is 3.91. The van der Waals surface area contributed by atoms with Crippen LogP contribution in [-0.2, 0) is 9.53 Å². The molecule has 0 aromatic carbocycles. The van der Waals surface area contributed by atoms with Crippen LogP contribution >= 0.6 is 0 Å². The Bertz CT molecular complexity index is 231. The number of nitrogens with zero attached hydrogens (tertiary/aromatic N) is 1. The zero-order valence-electron chi connectivity index (χ0n) is 8.05. The van der Waals surface area contributed by atoms with Crippen LogP contribution in [0.3, 0.4) is 0 Å². The number of hydrogen-bond acceptors (Lipinski definition) is 3. The maximum absolute atomic E-state index is 11.3. The van der Waals surface area contributed by atoms with Gasteiger partial charge in [-0.25, -0.2) is 0 Å². The van der Waals surface area contributed by atoms with E-state index in [1.807, 2.05) is 25.9 Å². The maximum Gasteiger partial charge on any atom is 0.202 e. The van der Waals surface area contributed by atoms with E-state index < -0.39 is 0 Å². The molecule has 1 rings (SSSR count). The molecule has 1 aliphatic rings. The summed E-state index contributed by atoms with van der Waals surface area (Å²) in [5.41, 5.74) is 0.774. The van der Waals surface area contributed by atoms with Crippen molar-refractivity contribution < 1.29 is 9.53 Å². The Morgan fingerprint density at radius 1 is 1.50 bits per heavy atom. The lowest BCUT2D eigenvalue weighted by Gasteiger charge is -2.11. The molecule has 0 bridgehead atoms. The molecular formula is C9H15NO2. The SMILES string of the molecule is CC1=C(CN(C)C)OC(C)C1=O. The molecule has 0 spiro atoms. The lowest BCUT2D eigenvalue weighted by Crippen LogP contribution is -2.16. The van der Waals surface area contributed by atoms with E-state index in [-0.39, 0.29) is 11.9 Å². The highest BCUT2D eigenvalue weighted by Crippen LogP contribution is 2.21. The third kappa shape index (κ3) is 1.67. The van der Waals surface area contributed by atoms with Gasteiger partial charge >= 0.3 is 0 Å². The second-order valence-electron chi connectivity index (χ2n) is 3.41. The van der Waals surface area contributed by atoms with Gasteiger partial charge in [-0.15, -0.1) is 0 Å². The van der Waals surface area contributed by atoms with Crippen LogP contribution in [0.5, 0.6) is 0 Å². The fourth-order valence-electron chi connectivity index (χ4n) is 1.24. The number of carbonyl (C=O) groups excluding carboxylic acids is 1. The molecule has 12 heavy (non-hydrogen) atoms. The van der Waals surface area contributed by atoms with Gasteiger partial charge in [-0.05, 0) is 27.9 Å². The molecule has 0 saturated heterocycles. The Kier molecular flexibility index (Phi) is 2.52. The Labute approximate surface area is 73.0 Å². The smallest absolute Gasteiger partial charge is 0.202 e. The molecule has 0 radical (unpaired) electrons. The lowest BCUT2D eigenvalue weighted by atomic mass is 10.1. The highest BCUT2D eigenvalue weighted by molar-refractivity contribution is 6.00. The van der Waals surface area contributed by atoms with Gasteiger partial charge in [0, 0.05) is 5.57 Å². The van der Waals surface area contributed by atoms with Gasteiger partial charge in [0.05, 0.1) is 6.54 Å². The first-order chi connectivity index (χ1) is 5.52. The summed E-state index contributed by atoms with van der Waals surface area (Å²) in [6.45, 7) is 4.32. The topological polar surface area (TPSA) is 29.5 Å². The van der Waals surface area contributed by atoms with Gasteiger partial charge in [0.15, 0.2) is 6.10 Å². The lowest BCUT2D eigenvalue weighted by molar-refractivity contribution is -0.120. The Morgan fingerprint density at radius 2 is 2.08 bits per heavy atom. The summed E-state index contributed by atoms with van der Waals surface area (Å²) < 4.78 is 5.39. The Morgan fingerprint density at radius 3 is 2.42 bits per heavy atom. The molecule has 0 aromatic rings. The second-order valence-corrected chi connectivity index (χ2v) is 3.41. The fraction of sp³-hybridized carbons (Fsp3) is 0.667. The van der Waals surface area contributed by atoms with Crippen LogP contribution in [0.15, 0.2) is 11.3 Å². The fourth-order valence-corrected chi connectivity index (χ4v) is 1.24. The maximum atomic E-state index is 11.3. The number of hydrogen-bond donors (Lipinski definition) is 0. The first kappa shape index (κ1) is 9.26. The predicted molar refractivity (Wildman–Crippen MR) is 46.8 cm³/mol. The van der Waals surface area contributed by atoms with Crippen molar-refractivity contribution in [1.29, 1.82) is 0 Å². The van der Waals surface area contributed by atoms with E-state index in [9.17, 15) is 4.79 Å². The molecule has 0 fully saturated rings. The van der Waals surface area contributed by atoms with Gasteiger partial charge in [0.1, 0.15) is 5.76 Å². The zero-order valence-corrected chi connectivity index (χ0v) is 8.05. The average Bonchev–Trinajstić information content (AvgIpc) is 2.17. The van der Waals surface area contributed by atoms with E-state index in [2.05, 4.69) is 0 Å². The van der Waals surface area contributed by atoms with Crippen molar-refractivity contribution in [2.45, 2.75) is 20.0 Å². The third-order valence-electron chi connectivity index (χ3n) is 1.94. The van der Waals surface area contributed by atoms with Crippen molar-refractivity contribution in [3.05, 3.63) is 11.3 Å². The number of likely N-dealkylation sites (N-methyl/N-ethyl adjacent to an activating group) is 1. The first-order valence-electron chi connectivity index (χ1n) is 4.07. The molecule has 0 aromatic heterocycles. The molecule has 0 N–H and O–H groups in total. The third-order valence-corrected chi connectivity index (χ3v) is 1.94. The summed E-state index contributed by atoms with van der Waals surface area (Å²) in [5.74, 6) is 0.935. The largest absolute Gasteiger partial charge is 0.485 e. The highest BCUT2D eigenvalue weighted by atomic mass is 16.5. The minimum Gasteiger partial charge on any atom is -0.485 e. The molecule has 0 amide bonds. The summed E-state index contributed by atoms with van der Waals surface area (Å²) >= 11 is 0. The van der Waals surface area contributed by atoms with E-state index in [1.54, 1.807) is 6.92 Å². The normalized spacial score (nSPS) is 23.8. The molecule has 1 atom stereocenters. The number of ketones is 1. The summed E-state index contributed by atoms with van der Waals surface area (Å²) in [5, 5.41) is 0. The van der Waals surface area contributed by atoms with Crippen LogP contribution in [0.1, 0.15) is 13.8 Å². The van der Waals surface area contributed by atoms with Crippen LogP contribution in [0, 0.1) is 0 Å². The van der Waals surface area contributed by atoms with Gasteiger partial charge in [-0.1, -0.05) is 0 Å². The van der Waals surface area contributed by atoms with Crippen molar-refractivity contribution in [1.82, 2.24) is 4.90 Å². The predicted octanol–water partition coefficient (Wildman–Crippen LogP) is 0.810. The van der Waals surface area contributed by atoms with Gasteiger partial charge in [-0.2, -0.15) is 0 Å². The Balaban J connectivity index is 2.71. The van der Waals surface area contributed by atoms with E-state index in [1.165, 1.54) is 0 Å². The van der Waals surface area contributed by atoms with Gasteiger partial charge in [-0.3, -0.25) is 4.79 Å². The minimum absolute atomic E-state index is 0.117. The van der Waals surface area contributed by atoms with Crippen molar-refractivity contribution in [2.75, 3.05) is 20.6 Å². The van der Waals surface area contributed by atoms with E-state index >= 15 is 0 Å². The minimum atomic E-state index is -0.278. The summed E-state index contributed by atoms with van der Waals surface area (Å²) in [6, 6.07) is 0. The van der Waals surface area contributed by atoms with Crippen molar-refractivity contribution >= 4 is 5.78 Å². The number of ether oxygens (including phenoxy) is 1. The van der Waals surface area contributed by atoms with Crippen molar-refractivity contribution in [2.24, 2.45) is 0 Å². The number of carbonyl (C=O) groups is 1. The summed E-state index contributed by atoms with van der Waals surface area (Å²) in [6.07, 6.45) is -0.278. The van der Waals surface area contributed by atoms with Gasteiger partial charge < -0.3 is 9.64 Å². The van der Waals surface area contributed by atoms with Crippen LogP contribution in [0.2, 0.25) is 0 Å². The van der Waals surface area contributed by atoms with Gasteiger partial charge in [0.25, 0.3) is 0 Å². The standard InChI is InChI=1S/C9H15NO2/c1-6-8(5-10(3)4)12-7(2)9(6)11/h7H,5H2,1-4H3. The van der Waals surface area contributed by atoms with Crippen LogP contribution < -0.4 is 0 Å². The number of rotatable bonds is 2. The first-order valence-corrected chi connectivity index (χ1v) is 4.07. The molecule has 68 valence electrons. The molecule has 1 aliphatic heterocycles. The molecular weight excluding hydrogens is 154 g/mol. The monoisotopic (exact) mass is 169 g/mol. The van der Waals surface area contributed by atoms with Crippen LogP contribution in [0.25, 0.3) is 0 Å². The zero-order chi connectivity index (χ0) is 9.30. The van der Waals surface area contributed by atoms with E-state index in [0.29, 0.717) is 6.54 Å². The van der Waals surface area contributed by atoms with Crippen molar-refractivity contribution in [3.8, 4) is 0 Å².